The Balaban J connectivity index is 2.39. The first-order valence-corrected chi connectivity index (χ1v) is 7.23. The second kappa shape index (κ2) is 5.14. The van der Waals surface area contributed by atoms with E-state index in [1.807, 2.05) is 0 Å². The lowest BCUT2D eigenvalue weighted by molar-refractivity contribution is 0.0697. The highest BCUT2D eigenvalue weighted by atomic mass is 35.5. The van der Waals surface area contributed by atoms with Gasteiger partial charge in [-0.3, -0.25) is 9.82 Å². The van der Waals surface area contributed by atoms with Gasteiger partial charge >= 0.3 is 5.97 Å². The molecule has 0 atom stereocenters. The van der Waals surface area contributed by atoms with Crippen molar-refractivity contribution in [3.8, 4) is 0 Å². The highest BCUT2D eigenvalue weighted by Gasteiger charge is 2.19. The number of hydrogen-bond donors (Lipinski definition) is 3. The minimum Gasteiger partial charge on any atom is -0.478 e. The number of carbonyl (C=O) groups is 1. The van der Waals surface area contributed by atoms with E-state index in [9.17, 15) is 13.2 Å². The summed E-state index contributed by atoms with van der Waals surface area (Å²) in [7, 11) is -3.93. The summed E-state index contributed by atoms with van der Waals surface area (Å²) in [5.41, 5.74) is 0.401. The second-order valence-corrected chi connectivity index (χ2v) is 6.08. The predicted molar refractivity (Wildman–Crippen MR) is 72.5 cm³/mol. The monoisotopic (exact) mass is 315 g/mol. The van der Waals surface area contributed by atoms with Gasteiger partial charge in [-0.1, -0.05) is 11.6 Å². The summed E-state index contributed by atoms with van der Waals surface area (Å²) in [5, 5.41) is 15.2. The van der Waals surface area contributed by atoms with Crippen molar-refractivity contribution in [1.29, 1.82) is 0 Å². The van der Waals surface area contributed by atoms with E-state index in [0.717, 1.165) is 6.07 Å². The molecule has 0 saturated carbocycles. The van der Waals surface area contributed by atoms with Gasteiger partial charge in [-0.05, 0) is 25.1 Å². The number of aromatic amines is 1. The van der Waals surface area contributed by atoms with Gasteiger partial charge in [0.15, 0.2) is 5.82 Å². The Labute approximate surface area is 119 Å². The first-order valence-electron chi connectivity index (χ1n) is 5.37. The molecule has 0 amide bonds. The first-order chi connectivity index (χ1) is 9.29. The minimum atomic E-state index is -3.93. The van der Waals surface area contributed by atoms with Gasteiger partial charge in [0, 0.05) is 11.8 Å². The van der Waals surface area contributed by atoms with Gasteiger partial charge in [-0.15, -0.1) is 0 Å². The average molecular weight is 316 g/mol. The molecule has 0 saturated heterocycles. The zero-order chi connectivity index (χ0) is 14.9. The smallest absolute Gasteiger partial charge is 0.337 e. The number of aromatic carboxylic acids is 1. The Morgan fingerprint density at radius 1 is 1.40 bits per heavy atom. The Morgan fingerprint density at radius 2 is 2.10 bits per heavy atom. The Bertz CT molecular complexity index is 770. The van der Waals surface area contributed by atoms with Crippen LogP contribution in [-0.2, 0) is 10.0 Å². The molecule has 0 aliphatic carbocycles. The number of rotatable bonds is 4. The summed E-state index contributed by atoms with van der Waals surface area (Å²) in [5.74, 6) is -1.18. The van der Waals surface area contributed by atoms with Crippen LogP contribution in [0.3, 0.4) is 0 Å². The van der Waals surface area contributed by atoms with Crippen molar-refractivity contribution >= 4 is 33.4 Å². The summed E-state index contributed by atoms with van der Waals surface area (Å²) in [6.07, 6.45) is 0. The van der Waals surface area contributed by atoms with Gasteiger partial charge in [0.1, 0.15) is 0 Å². The van der Waals surface area contributed by atoms with Crippen LogP contribution >= 0.6 is 11.6 Å². The first kappa shape index (κ1) is 14.4. The molecule has 0 bridgehead atoms. The van der Waals surface area contributed by atoms with Crippen LogP contribution in [0.5, 0.6) is 0 Å². The molecule has 0 fully saturated rings. The SMILES string of the molecule is Cc1cc(NS(=O)(=O)c2ccc(Cl)c(C(=O)O)c2)n[nH]1. The lowest BCUT2D eigenvalue weighted by Crippen LogP contribution is -2.14. The lowest BCUT2D eigenvalue weighted by atomic mass is 10.2. The molecular weight excluding hydrogens is 306 g/mol. The van der Waals surface area contributed by atoms with Crippen molar-refractivity contribution in [3.63, 3.8) is 0 Å². The van der Waals surface area contributed by atoms with Crippen LogP contribution in [0.2, 0.25) is 5.02 Å². The van der Waals surface area contributed by atoms with Crippen molar-refractivity contribution in [2.24, 2.45) is 0 Å². The molecule has 1 aromatic heterocycles. The Hall–Kier alpha value is -2.06. The fraction of sp³-hybridized carbons (Fsp3) is 0.0909. The largest absolute Gasteiger partial charge is 0.478 e. The Kier molecular flexibility index (Phi) is 3.69. The third-order valence-electron chi connectivity index (χ3n) is 2.42. The zero-order valence-electron chi connectivity index (χ0n) is 10.2. The molecule has 7 nitrogen and oxygen atoms in total. The normalized spacial score (nSPS) is 11.3. The number of halogens is 1. The highest BCUT2D eigenvalue weighted by molar-refractivity contribution is 7.92. The highest BCUT2D eigenvalue weighted by Crippen LogP contribution is 2.22. The number of benzene rings is 1. The van der Waals surface area contributed by atoms with Gasteiger partial charge in [-0.2, -0.15) is 5.10 Å². The van der Waals surface area contributed by atoms with E-state index in [4.69, 9.17) is 16.7 Å². The van der Waals surface area contributed by atoms with Crippen LogP contribution in [-0.4, -0.2) is 29.7 Å². The number of aryl methyl sites for hydroxylation is 1. The fourth-order valence-electron chi connectivity index (χ4n) is 1.50. The summed E-state index contributed by atoms with van der Waals surface area (Å²) in [4.78, 5) is 10.7. The number of hydrogen-bond acceptors (Lipinski definition) is 4. The lowest BCUT2D eigenvalue weighted by Gasteiger charge is -2.07. The molecule has 9 heteroatoms. The van der Waals surface area contributed by atoms with Gasteiger partial charge in [-0.25, -0.2) is 13.2 Å². The third-order valence-corrected chi connectivity index (χ3v) is 4.11. The molecule has 0 radical (unpaired) electrons. The standard InChI is InChI=1S/C11H10ClN3O4S/c1-6-4-10(14-13-6)15-20(18,19)7-2-3-9(12)8(5-7)11(16)17/h2-5H,1H3,(H,16,17)(H2,13,14,15). The molecule has 0 spiro atoms. The number of nitrogens with one attached hydrogen (secondary N) is 2. The number of aromatic nitrogens is 2. The van der Waals surface area contributed by atoms with Gasteiger partial charge in [0.05, 0.1) is 15.5 Å². The summed E-state index contributed by atoms with van der Waals surface area (Å²) in [6.45, 7) is 1.72. The van der Waals surface area contributed by atoms with Crippen LogP contribution in [0, 0.1) is 6.92 Å². The predicted octanol–water partition coefficient (Wildman–Crippen LogP) is 1.87. The van der Waals surface area contributed by atoms with E-state index in [1.165, 1.54) is 18.2 Å². The average Bonchev–Trinajstić information content (AvgIpc) is 2.73. The topological polar surface area (TPSA) is 112 Å². The molecule has 0 aliphatic heterocycles. The maximum absolute atomic E-state index is 12.1. The van der Waals surface area contributed by atoms with E-state index in [-0.39, 0.29) is 21.3 Å². The van der Waals surface area contributed by atoms with E-state index >= 15 is 0 Å². The van der Waals surface area contributed by atoms with E-state index in [1.54, 1.807) is 6.92 Å². The van der Waals surface area contributed by atoms with Crippen molar-refractivity contribution in [1.82, 2.24) is 10.2 Å². The quantitative estimate of drug-likeness (QED) is 0.797. The number of nitrogens with zero attached hydrogens (tertiary/aromatic N) is 1. The molecule has 2 rings (SSSR count). The second-order valence-electron chi connectivity index (χ2n) is 3.99. The number of sulfonamides is 1. The van der Waals surface area contributed by atoms with E-state index in [2.05, 4.69) is 14.9 Å². The van der Waals surface area contributed by atoms with E-state index < -0.39 is 16.0 Å². The molecule has 1 aromatic carbocycles. The minimum absolute atomic E-state index is 0.0351. The number of carboxylic acids is 1. The molecule has 0 unspecified atom stereocenters. The Morgan fingerprint density at radius 3 is 2.65 bits per heavy atom. The van der Waals surface area contributed by atoms with Crippen LogP contribution in [0.15, 0.2) is 29.2 Å². The number of anilines is 1. The molecule has 20 heavy (non-hydrogen) atoms. The number of H-pyrrole nitrogens is 1. The molecule has 1 heterocycles. The third kappa shape index (κ3) is 2.91. The van der Waals surface area contributed by atoms with Crippen molar-refractivity contribution in [2.45, 2.75) is 11.8 Å². The maximum Gasteiger partial charge on any atom is 0.337 e. The van der Waals surface area contributed by atoms with Crippen LogP contribution in [0.4, 0.5) is 5.82 Å². The van der Waals surface area contributed by atoms with Crippen molar-refractivity contribution in [2.75, 3.05) is 4.72 Å². The summed E-state index contributed by atoms with van der Waals surface area (Å²) >= 11 is 5.69. The molecule has 0 aliphatic rings. The van der Waals surface area contributed by atoms with E-state index in [0.29, 0.717) is 5.69 Å². The maximum atomic E-state index is 12.1. The van der Waals surface area contributed by atoms with Crippen LogP contribution < -0.4 is 4.72 Å². The van der Waals surface area contributed by atoms with Gasteiger partial charge in [0.25, 0.3) is 10.0 Å². The van der Waals surface area contributed by atoms with Crippen LogP contribution in [0.25, 0.3) is 0 Å². The molecule has 2 aromatic rings. The van der Waals surface area contributed by atoms with Crippen molar-refractivity contribution < 1.29 is 18.3 Å². The fourth-order valence-corrected chi connectivity index (χ4v) is 2.72. The molecular formula is C11H10ClN3O4S. The summed E-state index contributed by atoms with van der Waals surface area (Å²) in [6, 6.07) is 4.93. The van der Waals surface area contributed by atoms with Gasteiger partial charge in [0.2, 0.25) is 0 Å². The summed E-state index contributed by atoms with van der Waals surface area (Å²) < 4.78 is 26.4. The number of carboxylic acid groups (broad SMARTS) is 1. The van der Waals surface area contributed by atoms with Crippen LogP contribution in [0.1, 0.15) is 16.1 Å². The van der Waals surface area contributed by atoms with Crippen molar-refractivity contribution in [3.05, 3.63) is 40.5 Å². The zero-order valence-corrected chi connectivity index (χ0v) is 11.8. The van der Waals surface area contributed by atoms with Gasteiger partial charge < -0.3 is 5.11 Å². The molecule has 106 valence electrons. The molecule has 3 N–H and O–H groups in total.